The molecule has 1 aromatic rings. The SMILES string of the molecule is CCC(N)(CC)c1cncc(OC(C)C)c1. The summed E-state index contributed by atoms with van der Waals surface area (Å²) in [4.78, 5) is 4.19. The van der Waals surface area contributed by atoms with E-state index in [1.165, 1.54) is 0 Å². The molecule has 0 spiro atoms. The molecule has 1 aromatic heterocycles. The molecule has 0 amide bonds. The highest BCUT2D eigenvalue weighted by Crippen LogP contribution is 2.27. The van der Waals surface area contributed by atoms with Gasteiger partial charge in [-0.2, -0.15) is 0 Å². The number of ether oxygens (including phenoxy) is 1. The molecular formula is C13H22N2O. The Labute approximate surface area is 98.0 Å². The zero-order valence-electron chi connectivity index (χ0n) is 10.7. The second kappa shape index (κ2) is 5.30. The second-order valence-corrected chi connectivity index (χ2v) is 4.44. The van der Waals surface area contributed by atoms with Gasteiger partial charge in [0.15, 0.2) is 0 Å². The van der Waals surface area contributed by atoms with E-state index < -0.39 is 0 Å². The Morgan fingerprint density at radius 1 is 1.31 bits per heavy atom. The Hall–Kier alpha value is -1.09. The van der Waals surface area contributed by atoms with Crippen LogP contribution in [0.1, 0.15) is 46.1 Å². The molecule has 0 aliphatic heterocycles. The summed E-state index contributed by atoms with van der Waals surface area (Å²) in [5, 5.41) is 0. The van der Waals surface area contributed by atoms with Crippen molar-refractivity contribution in [1.29, 1.82) is 0 Å². The van der Waals surface area contributed by atoms with E-state index in [4.69, 9.17) is 10.5 Å². The fourth-order valence-electron chi connectivity index (χ4n) is 1.69. The topological polar surface area (TPSA) is 48.1 Å². The fraction of sp³-hybridized carbons (Fsp3) is 0.615. The molecule has 3 nitrogen and oxygen atoms in total. The number of pyridine rings is 1. The van der Waals surface area contributed by atoms with Crippen molar-refractivity contribution in [1.82, 2.24) is 4.98 Å². The van der Waals surface area contributed by atoms with Crippen molar-refractivity contribution < 1.29 is 4.74 Å². The van der Waals surface area contributed by atoms with Gasteiger partial charge in [0.1, 0.15) is 5.75 Å². The Morgan fingerprint density at radius 3 is 2.44 bits per heavy atom. The first-order valence-electron chi connectivity index (χ1n) is 5.93. The molecule has 0 bridgehead atoms. The van der Waals surface area contributed by atoms with E-state index in [0.29, 0.717) is 0 Å². The number of nitrogens with two attached hydrogens (primary N) is 1. The first kappa shape index (κ1) is 13.0. The van der Waals surface area contributed by atoms with E-state index in [0.717, 1.165) is 24.2 Å². The number of hydrogen-bond donors (Lipinski definition) is 1. The van der Waals surface area contributed by atoms with Crippen LogP contribution in [-0.2, 0) is 5.54 Å². The van der Waals surface area contributed by atoms with Gasteiger partial charge in [-0.25, -0.2) is 0 Å². The van der Waals surface area contributed by atoms with E-state index >= 15 is 0 Å². The summed E-state index contributed by atoms with van der Waals surface area (Å²) in [6.07, 6.45) is 5.52. The Morgan fingerprint density at radius 2 is 1.94 bits per heavy atom. The predicted octanol–water partition coefficient (Wildman–Crippen LogP) is 2.84. The largest absolute Gasteiger partial charge is 0.489 e. The van der Waals surface area contributed by atoms with Crippen molar-refractivity contribution in [2.75, 3.05) is 0 Å². The first-order valence-corrected chi connectivity index (χ1v) is 5.93. The highest BCUT2D eigenvalue weighted by molar-refractivity contribution is 5.29. The summed E-state index contributed by atoms with van der Waals surface area (Å²) in [5.41, 5.74) is 7.09. The van der Waals surface area contributed by atoms with E-state index in [1.807, 2.05) is 26.1 Å². The molecule has 16 heavy (non-hydrogen) atoms. The molecule has 2 N–H and O–H groups in total. The minimum Gasteiger partial charge on any atom is -0.489 e. The van der Waals surface area contributed by atoms with Crippen LogP contribution in [-0.4, -0.2) is 11.1 Å². The smallest absolute Gasteiger partial charge is 0.138 e. The van der Waals surface area contributed by atoms with Crippen LogP contribution < -0.4 is 10.5 Å². The number of rotatable bonds is 5. The van der Waals surface area contributed by atoms with E-state index in [-0.39, 0.29) is 11.6 Å². The Bertz CT molecular complexity index is 332. The van der Waals surface area contributed by atoms with Crippen LogP contribution >= 0.6 is 0 Å². The van der Waals surface area contributed by atoms with Gasteiger partial charge in [0.25, 0.3) is 0 Å². The average molecular weight is 222 g/mol. The molecule has 0 radical (unpaired) electrons. The van der Waals surface area contributed by atoms with Gasteiger partial charge in [-0.1, -0.05) is 13.8 Å². The van der Waals surface area contributed by atoms with Crippen LogP contribution in [0.5, 0.6) is 5.75 Å². The second-order valence-electron chi connectivity index (χ2n) is 4.44. The van der Waals surface area contributed by atoms with Crippen molar-refractivity contribution in [3.05, 3.63) is 24.0 Å². The molecular weight excluding hydrogens is 200 g/mol. The third-order valence-corrected chi connectivity index (χ3v) is 2.92. The van der Waals surface area contributed by atoms with Crippen LogP contribution in [0.4, 0.5) is 0 Å². The van der Waals surface area contributed by atoms with Gasteiger partial charge in [-0.15, -0.1) is 0 Å². The number of hydrogen-bond acceptors (Lipinski definition) is 3. The van der Waals surface area contributed by atoms with Crippen LogP contribution in [0.15, 0.2) is 18.5 Å². The summed E-state index contributed by atoms with van der Waals surface area (Å²) in [6, 6.07) is 2.00. The zero-order chi connectivity index (χ0) is 12.2. The monoisotopic (exact) mass is 222 g/mol. The lowest BCUT2D eigenvalue weighted by atomic mass is 9.87. The molecule has 0 unspecified atom stereocenters. The summed E-state index contributed by atoms with van der Waals surface area (Å²) in [6.45, 7) is 8.20. The van der Waals surface area contributed by atoms with Gasteiger partial charge in [0, 0.05) is 11.7 Å². The average Bonchev–Trinajstić information content (AvgIpc) is 2.27. The van der Waals surface area contributed by atoms with E-state index in [2.05, 4.69) is 18.8 Å². The molecule has 0 fully saturated rings. The highest BCUT2D eigenvalue weighted by Gasteiger charge is 2.23. The van der Waals surface area contributed by atoms with Crippen LogP contribution in [0, 0.1) is 0 Å². The van der Waals surface area contributed by atoms with Gasteiger partial charge in [-0.05, 0) is 38.3 Å². The maximum Gasteiger partial charge on any atom is 0.138 e. The molecule has 0 saturated carbocycles. The molecule has 90 valence electrons. The third kappa shape index (κ3) is 2.95. The van der Waals surface area contributed by atoms with Crippen LogP contribution in [0.25, 0.3) is 0 Å². The minimum absolute atomic E-state index is 0.160. The maximum absolute atomic E-state index is 6.32. The number of aromatic nitrogens is 1. The molecule has 1 rings (SSSR count). The fourth-order valence-corrected chi connectivity index (χ4v) is 1.69. The van der Waals surface area contributed by atoms with Crippen LogP contribution in [0.2, 0.25) is 0 Å². The van der Waals surface area contributed by atoms with Gasteiger partial charge in [0.2, 0.25) is 0 Å². The summed E-state index contributed by atoms with van der Waals surface area (Å²) in [7, 11) is 0. The first-order chi connectivity index (χ1) is 7.51. The maximum atomic E-state index is 6.32. The van der Waals surface area contributed by atoms with Gasteiger partial charge in [0.05, 0.1) is 12.3 Å². The molecule has 0 aliphatic rings. The summed E-state index contributed by atoms with van der Waals surface area (Å²) in [5.74, 6) is 0.796. The minimum atomic E-state index is -0.288. The van der Waals surface area contributed by atoms with Gasteiger partial charge < -0.3 is 10.5 Å². The molecule has 0 saturated heterocycles. The lowest BCUT2D eigenvalue weighted by Gasteiger charge is -2.27. The quantitative estimate of drug-likeness (QED) is 0.833. The standard InChI is InChI=1S/C13H22N2O/c1-5-13(14,6-2)11-7-12(9-15-8-11)16-10(3)4/h7-10H,5-6,14H2,1-4H3. The number of nitrogens with zero attached hydrogens (tertiary/aromatic N) is 1. The molecule has 1 heterocycles. The van der Waals surface area contributed by atoms with Crippen molar-refractivity contribution >= 4 is 0 Å². The van der Waals surface area contributed by atoms with Crippen LogP contribution in [0.3, 0.4) is 0 Å². The predicted molar refractivity (Wildman–Crippen MR) is 66.4 cm³/mol. The normalized spacial score (nSPS) is 11.9. The summed E-state index contributed by atoms with van der Waals surface area (Å²) < 4.78 is 5.62. The Balaban J connectivity index is 2.97. The highest BCUT2D eigenvalue weighted by atomic mass is 16.5. The molecule has 0 aliphatic carbocycles. The van der Waals surface area contributed by atoms with Crippen molar-refractivity contribution in [3.8, 4) is 5.75 Å². The lowest BCUT2D eigenvalue weighted by molar-refractivity contribution is 0.240. The van der Waals surface area contributed by atoms with E-state index in [9.17, 15) is 0 Å². The summed E-state index contributed by atoms with van der Waals surface area (Å²) >= 11 is 0. The van der Waals surface area contributed by atoms with Crippen molar-refractivity contribution in [2.45, 2.75) is 52.2 Å². The molecule has 3 heteroatoms. The molecule has 0 atom stereocenters. The molecule has 0 aromatic carbocycles. The van der Waals surface area contributed by atoms with E-state index in [1.54, 1.807) is 6.20 Å². The third-order valence-electron chi connectivity index (χ3n) is 2.92. The van der Waals surface area contributed by atoms with Crippen molar-refractivity contribution in [3.63, 3.8) is 0 Å². The van der Waals surface area contributed by atoms with Crippen molar-refractivity contribution in [2.24, 2.45) is 5.73 Å². The zero-order valence-corrected chi connectivity index (χ0v) is 10.7. The Kier molecular flexibility index (Phi) is 4.30. The van der Waals surface area contributed by atoms with Gasteiger partial charge >= 0.3 is 0 Å². The van der Waals surface area contributed by atoms with Gasteiger partial charge in [-0.3, -0.25) is 4.98 Å². The lowest BCUT2D eigenvalue weighted by Crippen LogP contribution is -2.35.